The van der Waals surface area contributed by atoms with Crippen LogP contribution in [0.2, 0.25) is 0 Å². The second-order valence-electron chi connectivity index (χ2n) is 7.03. The first kappa shape index (κ1) is 19.7. The van der Waals surface area contributed by atoms with Crippen LogP contribution in [-0.2, 0) is 19.6 Å². The van der Waals surface area contributed by atoms with Crippen molar-refractivity contribution in [3.05, 3.63) is 108 Å². The number of hydrogen-bond donors (Lipinski definition) is 0. The second kappa shape index (κ2) is 9.76. The minimum atomic E-state index is 0.705. The molecule has 0 atom stereocenters. The number of pyridine rings is 3. The highest BCUT2D eigenvalue weighted by Gasteiger charge is 2.11. The van der Waals surface area contributed by atoms with Gasteiger partial charge in [0.2, 0.25) is 0 Å². The summed E-state index contributed by atoms with van der Waals surface area (Å²) in [7, 11) is 1.67. The van der Waals surface area contributed by atoms with E-state index in [4.69, 9.17) is 9.72 Å². The molecule has 0 N–H and O–H groups in total. The maximum absolute atomic E-state index is 5.26. The summed E-state index contributed by atoms with van der Waals surface area (Å²) in [6.45, 7) is 2.16. The van der Waals surface area contributed by atoms with Crippen LogP contribution in [0.3, 0.4) is 0 Å². The van der Waals surface area contributed by atoms with Crippen molar-refractivity contribution in [2.45, 2.75) is 19.6 Å². The van der Waals surface area contributed by atoms with E-state index in [-0.39, 0.29) is 0 Å². The van der Waals surface area contributed by atoms with Crippen LogP contribution in [0.1, 0.15) is 17.1 Å². The Morgan fingerprint density at radius 3 is 1.83 bits per heavy atom. The van der Waals surface area contributed by atoms with Crippen molar-refractivity contribution < 1.29 is 4.74 Å². The van der Waals surface area contributed by atoms with Crippen LogP contribution in [0.25, 0.3) is 11.3 Å². The second-order valence-corrected chi connectivity index (χ2v) is 7.03. The predicted octanol–water partition coefficient (Wildman–Crippen LogP) is 4.75. The molecule has 3 heterocycles. The average Bonchev–Trinajstić information content (AvgIpc) is 2.81. The number of aromatic nitrogens is 3. The predicted molar refractivity (Wildman–Crippen MR) is 118 cm³/mol. The van der Waals surface area contributed by atoms with Crippen LogP contribution in [0.15, 0.2) is 91.3 Å². The summed E-state index contributed by atoms with van der Waals surface area (Å²) in [6, 6.07) is 26.1. The molecule has 0 amide bonds. The Bertz CT molecular complexity index is 1010. The van der Waals surface area contributed by atoms with Gasteiger partial charge in [0.1, 0.15) is 5.75 Å². The molecule has 5 heteroatoms. The van der Waals surface area contributed by atoms with Gasteiger partial charge >= 0.3 is 0 Å². The standard InChI is InChI=1S/C25H24N4O/c1-30-24-13-11-20(12-14-24)25-10-6-9-23(28-25)19-29(17-21-7-2-4-15-26-21)18-22-8-3-5-16-27-22/h2-16H,17-19H2,1H3. The van der Waals surface area contributed by atoms with E-state index >= 15 is 0 Å². The quantitative estimate of drug-likeness (QED) is 0.430. The number of nitrogens with zero attached hydrogens (tertiary/aromatic N) is 4. The highest BCUT2D eigenvalue weighted by molar-refractivity contribution is 5.60. The van der Waals surface area contributed by atoms with Gasteiger partial charge in [0.15, 0.2) is 0 Å². The van der Waals surface area contributed by atoms with Gasteiger partial charge in [-0.25, -0.2) is 0 Å². The molecular weight excluding hydrogens is 372 g/mol. The Morgan fingerprint density at radius 1 is 0.667 bits per heavy atom. The lowest BCUT2D eigenvalue weighted by Gasteiger charge is -2.21. The number of rotatable bonds is 8. The summed E-state index contributed by atoms with van der Waals surface area (Å²) >= 11 is 0. The highest BCUT2D eigenvalue weighted by atomic mass is 16.5. The number of methoxy groups -OCH3 is 1. The zero-order chi connectivity index (χ0) is 20.6. The SMILES string of the molecule is COc1ccc(-c2cccc(CN(Cc3ccccn3)Cc3ccccn3)n2)cc1. The van der Waals surface area contributed by atoms with E-state index in [0.717, 1.165) is 47.2 Å². The molecule has 0 unspecified atom stereocenters. The van der Waals surface area contributed by atoms with Crippen LogP contribution in [0, 0.1) is 0 Å². The summed E-state index contributed by atoms with van der Waals surface area (Å²) in [5.74, 6) is 0.840. The summed E-state index contributed by atoms with van der Waals surface area (Å²) < 4.78 is 5.26. The van der Waals surface area contributed by atoms with Crippen molar-refractivity contribution in [3.8, 4) is 17.0 Å². The molecule has 0 spiro atoms. The maximum atomic E-state index is 5.26. The van der Waals surface area contributed by atoms with Crippen molar-refractivity contribution in [1.82, 2.24) is 19.9 Å². The third-order valence-electron chi connectivity index (χ3n) is 4.80. The fraction of sp³-hybridized carbons (Fsp3) is 0.160. The van der Waals surface area contributed by atoms with Crippen molar-refractivity contribution >= 4 is 0 Å². The Labute approximate surface area is 177 Å². The molecule has 0 aliphatic rings. The van der Waals surface area contributed by atoms with Crippen molar-refractivity contribution in [1.29, 1.82) is 0 Å². The zero-order valence-electron chi connectivity index (χ0n) is 17.0. The van der Waals surface area contributed by atoms with E-state index in [9.17, 15) is 0 Å². The monoisotopic (exact) mass is 396 g/mol. The minimum absolute atomic E-state index is 0.705. The largest absolute Gasteiger partial charge is 0.497 e. The van der Waals surface area contributed by atoms with Gasteiger partial charge in [-0.2, -0.15) is 0 Å². The topological polar surface area (TPSA) is 51.1 Å². The van der Waals surface area contributed by atoms with E-state index in [1.807, 2.05) is 79.1 Å². The van der Waals surface area contributed by atoms with E-state index < -0.39 is 0 Å². The van der Waals surface area contributed by atoms with Gasteiger partial charge in [-0.1, -0.05) is 18.2 Å². The molecular formula is C25H24N4O. The third kappa shape index (κ3) is 5.27. The smallest absolute Gasteiger partial charge is 0.118 e. The third-order valence-corrected chi connectivity index (χ3v) is 4.80. The molecule has 4 rings (SSSR count). The molecule has 0 aliphatic heterocycles. The lowest BCUT2D eigenvalue weighted by Crippen LogP contribution is -2.24. The van der Waals surface area contributed by atoms with E-state index in [0.29, 0.717) is 6.54 Å². The molecule has 0 aliphatic carbocycles. The lowest BCUT2D eigenvalue weighted by atomic mass is 10.1. The Morgan fingerprint density at radius 2 is 1.27 bits per heavy atom. The fourth-order valence-corrected chi connectivity index (χ4v) is 3.33. The van der Waals surface area contributed by atoms with Crippen molar-refractivity contribution in [2.24, 2.45) is 0 Å². The molecule has 1 aromatic carbocycles. The summed E-state index contributed by atoms with van der Waals surface area (Å²) in [5, 5.41) is 0. The van der Waals surface area contributed by atoms with Crippen molar-refractivity contribution in [2.75, 3.05) is 7.11 Å². The Kier molecular flexibility index (Phi) is 6.42. The van der Waals surface area contributed by atoms with Gasteiger partial charge in [0.25, 0.3) is 0 Å². The van der Waals surface area contributed by atoms with E-state index in [1.165, 1.54) is 0 Å². The molecule has 0 radical (unpaired) electrons. The van der Waals surface area contributed by atoms with Gasteiger partial charge in [0.05, 0.1) is 29.9 Å². The Balaban J connectivity index is 1.55. The number of benzene rings is 1. The van der Waals surface area contributed by atoms with E-state index in [1.54, 1.807) is 7.11 Å². The molecule has 0 saturated carbocycles. The zero-order valence-corrected chi connectivity index (χ0v) is 17.0. The molecule has 30 heavy (non-hydrogen) atoms. The first-order valence-corrected chi connectivity index (χ1v) is 9.93. The number of ether oxygens (including phenoxy) is 1. The summed E-state index contributed by atoms with van der Waals surface area (Å²) in [4.78, 5) is 16.2. The van der Waals surface area contributed by atoms with Crippen LogP contribution in [0.5, 0.6) is 5.75 Å². The van der Waals surface area contributed by atoms with Gasteiger partial charge in [-0.05, 0) is 60.7 Å². The number of hydrogen-bond acceptors (Lipinski definition) is 5. The van der Waals surface area contributed by atoms with Crippen LogP contribution < -0.4 is 4.74 Å². The summed E-state index contributed by atoms with van der Waals surface area (Å²) in [5.41, 5.74) is 5.08. The molecule has 0 saturated heterocycles. The van der Waals surface area contributed by atoms with Crippen molar-refractivity contribution in [3.63, 3.8) is 0 Å². The first-order chi connectivity index (χ1) is 14.8. The molecule has 150 valence electrons. The lowest BCUT2D eigenvalue weighted by molar-refractivity contribution is 0.239. The van der Waals surface area contributed by atoms with Gasteiger partial charge in [-0.15, -0.1) is 0 Å². The van der Waals surface area contributed by atoms with Gasteiger partial charge in [-0.3, -0.25) is 19.9 Å². The van der Waals surface area contributed by atoms with Crippen LogP contribution >= 0.6 is 0 Å². The van der Waals surface area contributed by atoms with Crippen LogP contribution in [0.4, 0.5) is 0 Å². The van der Waals surface area contributed by atoms with E-state index in [2.05, 4.69) is 27.0 Å². The van der Waals surface area contributed by atoms with Gasteiger partial charge in [0, 0.05) is 37.6 Å². The fourth-order valence-electron chi connectivity index (χ4n) is 3.33. The average molecular weight is 396 g/mol. The maximum Gasteiger partial charge on any atom is 0.118 e. The molecule has 4 aromatic rings. The molecule has 3 aromatic heterocycles. The highest BCUT2D eigenvalue weighted by Crippen LogP contribution is 2.21. The molecule has 0 fully saturated rings. The Hall–Kier alpha value is -3.57. The molecule has 5 nitrogen and oxygen atoms in total. The van der Waals surface area contributed by atoms with Gasteiger partial charge < -0.3 is 4.74 Å². The summed E-state index contributed by atoms with van der Waals surface area (Å²) in [6.07, 6.45) is 3.66. The molecule has 0 bridgehead atoms. The minimum Gasteiger partial charge on any atom is -0.497 e. The van der Waals surface area contributed by atoms with Crippen LogP contribution in [-0.4, -0.2) is 27.0 Å². The first-order valence-electron chi connectivity index (χ1n) is 9.93. The normalized spacial score (nSPS) is 10.9.